The predicted molar refractivity (Wildman–Crippen MR) is 71.8 cm³/mol. The Kier molecular flexibility index (Phi) is 7.53. The van der Waals surface area contributed by atoms with E-state index in [2.05, 4.69) is 15.6 Å². The zero-order chi connectivity index (χ0) is 13.9. The summed E-state index contributed by atoms with van der Waals surface area (Å²) in [5.41, 5.74) is 1.07. The van der Waals surface area contributed by atoms with Crippen LogP contribution in [0.15, 0.2) is 24.5 Å². The molecule has 1 aromatic heterocycles. The van der Waals surface area contributed by atoms with Gasteiger partial charge in [0.05, 0.1) is 12.7 Å². The molecule has 6 nitrogen and oxygen atoms in total. The van der Waals surface area contributed by atoms with E-state index < -0.39 is 6.10 Å². The van der Waals surface area contributed by atoms with Crippen LogP contribution in [0.25, 0.3) is 0 Å². The molecule has 1 atom stereocenters. The standard InChI is InChI=1S/C13H21N3O3/c1-2-19-10-12(17)9-16-13(18)15-7-5-11-4-3-6-14-8-11/h3-4,6,8,12,17H,2,5,7,9-10H2,1H3,(H2,15,16,18)/t12-/m1/s1. The van der Waals surface area contributed by atoms with Crippen molar-refractivity contribution in [3.8, 4) is 0 Å². The normalized spacial score (nSPS) is 11.9. The third kappa shape index (κ3) is 7.38. The highest BCUT2D eigenvalue weighted by Crippen LogP contribution is 1.95. The van der Waals surface area contributed by atoms with Crippen LogP contribution in [0.5, 0.6) is 0 Å². The van der Waals surface area contributed by atoms with Crippen LogP contribution in [-0.4, -0.2) is 48.5 Å². The van der Waals surface area contributed by atoms with E-state index in [9.17, 15) is 9.90 Å². The van der Waals surface area contributed by atoms with Crippen molar-refractivity contribution in [3.63, 3.8) is 0 Å². The molecule has 6 heteroatoms. The molecule has 1 heterocycles. The molecule has 0 spiro atoms. The Bertz CT molecular complexity index is 359. The van der Waals surface area contributed by atoms with Crippen molar-refractivity contribution in [2.75, 3.05) is 26.3 Å². The van der Waals surface area contributed by atoms with Crippen LogP contribution in [0.4, 0.5) is 4.79 Å². The Labute approximate surface area is 113 Å². The van der Waals surface area contributed by atoms with Crippen LogP contribution in [-0.2, 0) is 11.2 Å². The van der Waals surface area contributed by atoms with Crippen molar-refractivity contribution < 1.29 is 14.6 Å². The van der Waals surface area contributed by atoms with Crippen LogP contribution < -0.4 is 10.6 Å². The first-order valence-corrected chi connectivity index (χ1v) is 6.38. The number of hydrogen-bond acceptors (Lipinski definition) is 4. The maximum Gasteiger partial charge on any atom is 0.314 e. The number of nitrogens with zero attached hydrogens (tertiary/aromatic N) is 1. The largest absolute Gasteiger partial charge is 0.389 e. The van der Waals surface area contributed by atoms with Crippen LogP contribution >= 0.6 is 0 Å². The molecule has 0 unspecified atom stereocenters. The van der Waals surface area contributed by atoms with Gasteiger partial charge in [0, 0.05) is 32.1 Å². The van der Waals surface area contributed by atoms with Gasteiger partial charge in [-0.05, 0) is 25.0 Å². The van der Waals surface area contributed by atoms with E-state index in [1.807, 2.05) is 19.1 Å². The van der Waals surface area contributed by atoms with Crippen molar-refractivity contribution in [1.29, 1.82) is 0 Å². The topological polar surface area (TPSA) is 83.5 Å². The number of hydrogen-bond donors (Lipinski definition) is 3. The van der Waals surface area contributed by atoms with E-state index in [-0.39, 0.29) is 19.2 Å². The fourth-order valence-electron chi connectivity index (χ4n) is 1.45. The summed E-state index contributed by atoms with van der Waals surface area (Å²) in [4.78, 5) is 15.4. The zero-order valence-electron chi connectivity index (χ0n) is 11.1. The Morgan fingerprint density at radius 2 is 2.37 bits per heavy atom. The lowest BCUT2D eigenvalue weighted by atomic mass is 10.2. The Balaban J connectivity index is 2.08. The number of aliphatic hydroxyl groups excluding tert-OH is 1. The molecule has 0 bridgehead atoms. The molecule has 2 amide bonds. The van der Waals surface area contributed by atoms with Gasteiger partial charge in [0.15, 0.2) is 0 Å². The second-order valence-corrected chi connectivity index (χ2v) is 4.06. The second kappa shape index (κ2) is 9.29. The predicted octanol–water partition coefficient (Wildman–Crippen LogP) is 0.321. The van der Waals surface area contributed by atoms with Gasteiger partial charge in [-0.3, -0.25) is 4.98 Å². The first kappa shape index (κ1) is 15.4. The Morgan fingerprint density at radius 3 is 3.05 bits per heavy atom. The number of aromatic nitrogens is 1. The number of aliphatic hydroxyl groups is 1. The minimum Gasteiger partial charge on any atom is -0.389 e. The smallest absolute Gasteiger partial charge is 0.314 e. The number of amides is 2. The number of nitrogens with one attached hydrogen (secondary N) is 2. The summed E-state index contributed by atoms with van der Waals surface area (Å²) < 4.78 is 5.04. The molecule has 0 aliphatic heterocycles. The summed E-state index contributed by atoms with van der Waals surface area (Å²) in [6, 6.07) is 3.53. The minimum atomic E-state index is -0.677. The van der Waals surface area contributed by atoms with Crippen molar-refractivity contribution in [1.82, 2.24) is 15.6 Å². The highest BCUT2D eigenvalue weighted by atomic mass is 16.5. The third-order valence-electron chi connectivity index (χ3n) is 2.43. The number of ether oxygens (including phenoxy) is 1. The molecule has 1 rings (SSSR count). The molecule has 0 radical (unpaired) electrons. The molecular weight excluding hydrogens is 246 g/mol. The van der Waals surface area contributed by atoms with Crippen LogP contribution in [0, 0.1) is 0 Å². The average Bonchev–Trinajstić information content (AvgIpc) is 2.44. The minimum absolute atomic E-state index is 0.179. The van der Waals surface area contributed by atoms with Gasteiger partial charge < -0.3 is 20.5 Å². The van der Waals surface area contributed by atoms with Crippen LogP contribution in [0.1, 0.15) is 12.5 Å². The monoisotopic (exact) mass is 267 g/mol. The summed E-state index contributed by atoms with van der Waals surface area (Å²) in [6.45, 7) is 3.34. The van der Waals surface area contributed by atoms with E-state index in [1.54, 1.807) is 12.4 Å². The second-order valence-electron chi connectivity index (χ2n) is 4.06. The Hall–Kier alpha value is -1.66. The summed E-state index contributed by atoms with van der Waals surface area (Å²) in [6.07, 6.45) is 3.53. The lowest BCUT2D eigenvalue weighted by Crippen LogP contribution is -2.41. The molecule has 106 valence electrons. The van der Waals surface area contributed by atoms with E-state index in [4.69, 9.17) is 4.74 Å². The van der Waals surface area contributed by atoms with Crippen molar-refractivity contribution >= 4 is 6.03 Å². The number of carbonyl (C=O) groups excluding carboxylic acids is 1. The number of carbonyl (C=O) groups is 1. The molecule has 0 aliphatic carbocycles. The molecule has 0 saturated carbocycles. The van der Waals surface area contributed by atoms with E-state index >= 15 is 0 Å². The van der Waals surface area contributed by atoms with Crippen LogP contribution in [0.2, 0.25) is 0 Å². The summed E-state index contributed by atoms with van der Waals surface area (Å²) >= 11 is 0. The van der Waals surface area contributed by atoms with Gasteiger partial charge in [-0.25, -0.2) is 4.79 Å². The fraction of sp³-hybridized carbons (Fsp3) is 0.538. The van der Waals surface area contributed by atoms with E-state index in [0.29, 0.717) is 13.2 Å². The van der Waals surface area contributed by atoms with E-state index in [0.717, 1.165) is 12.0 Å². The highest BCUT2D eigenvalue weighted by molar-refractivity contribution is 5.73. The van der Waals surface area contributed by atoms with Crippen molar-refractivity contribution in [2.24, 2.45) is 0 Å². The molecule has 1 aromatic rings. The lowest BCUT2D eigenvalue weighted by Gasteiger charge is -2.12. The molecule has 0 fully saturated rings. The molecular formula is C13H21N3O3. The number of rotatable bonds is 8. The van der Waals surface area contributed by atoms with Crippen molar-refractivity contribution in [3.05, 3.63) is 30.1 Å². The molecule has 0 saturated heterocycles. The van der Waals surface area contributed by atoms with Crippen molar-refractivity contribution in [2.45, 2.75) is 19.4 Å². The zero-order valence-corrected chi connectivity index (χ0v) is 11.1. The number of urea groups is 1. The summed E-state index contributed by atoms with van der Waals surface area (Å²) in [5.74, 6) is 0. The average molecular weight is 267 g/mol. The summed E-state index contributed by atoms with van der Waals surface area (Å²) in [5, 5.41) is 14.8. The first-order valence-electron chi connectivity index (χ1n) is 6.38. The maximum atomic E-state index is 11.4. The summed E-state index contributed by atoms with van der Waals surface area (Å²) in [7, 11) is 0. The maximum absolute atomic E-state index is 11.4. The quantitative estimate of drug-likeness (QED) is 0.633. The molecule has 0 aliphatic rings. The van der Waals surface area contributed by atoms with Gasteiger partial charge in [-0.1, -0.05) is 6.07 Å². The lowest BCUT2D eigenvalue weighted by molar-refractivity contribution is 0.0441. The van der Waals surface area contributed by atoms with Gasteiger partial charge in [0.2, 0.25) is 0 Å². The molecule has 3 N–H and O–H groups in total. The fourth-order valence-corrected chi connectivity index (χ4v) is 1.45. The van der Waals surface area contributed by atoms with Crippen LogP contribution in [0.3, 0.4) is 0 Å². The van der Waals surface area contributed by atoms with Gasteiger partial charge in [-0.2, -0.15) is 0 Å². The third-order valence-corrected chi connectivity index (χ3v) is 2.43. The van der Waals surface area contributed by atoms with E-state index in [1.165, 1.54) is 0 Å². The molecule has 19 heavy (non-hydrogen) atoms. The van der Waals surface area contributed by atoms with Gasteiger partial charge in [0.25, 0.3) is 0 Å². The Morgan fingerprint density at radius 1 is 1.53 bits per heavy atom. The van der Waals surface area contributed by atoms with Gasteiger partial charge >= 0.3 is 6.03 Å². The number of pyridine rings is 1. The first-order chi connectivity index (χ1) is 9.22. The highest BCUT2D eigenvalue weighted by Gasteiger charge is 2.06. The van der Waals surface area contributed by atoms with Gasteiger partial charge in [-0.15, -0.1) is 0 Å². The SMILES string of the molecule is CCOC[C@H](O)CNC(=O)NCCc1cccnc1. The van der Waals surface area contributed by atoms with Gasteiger partial charge in [0.1, 0.15) is 0 Å². The molecule has 0 aromatic carbocycles.